The van der Waals surface area contributed by atoms with Crippen LogP contribution in [0.3, 0.4) is 0 Å². The molecule has 0 aliphatic carbocycles. The van der Waals surface area contributed by atoms with Gasteiger partial charge in [0.25, 0.3) is 5.56 Å². The summed E-state index contributed by atoms with van der Waals surface area (Å²) in [5, 5.41) is 0. The van der Waals surface area contributed by atoms with E-state index >= 15 is 0 Å². The Hall–Kier alpha value is -0.520. The molecule has 0 unspecified atom stereocenters. The number of nitrogens with one attached hydrogen (secondary N) is 1. The van der Waals surface area contributed by atoms with Gasteiger partial charge in [0, 0.05) is 6.07 Å². The van der Waals surface area contributed by atoms with Gasteiger partial charge in [-0.2, -0.15) is 0 Å². The van der Waals surface area contributed by atoms with Gasteiger partial charge in [-0.1, -0.05) is 0 Å². The summed E-state index contributed by atoms with van der Waals surface area (Å²) in [6, 6.07) is 1.87. The molecule has 1 aromatic rings. The van der Waals surface area contributed by atoms with E-state index in [4.69, 9.17) is 4.74 Å². The first kappa shape index (κ1) is 8.10. The number of aromatic nitrogens is 1. The lowest BCUT2D eigenvalue weighted by Crippen LogP contribution is -2.20. The molecule has 4 heteroatoms. The second-order valence-electron chi connectivity index (χ2n) is 2.74. The van der Waals surface area contributed by atoms with E-state index < -0.39 is 0 Å². The Labute approximate surface area is 83.3 Å². The molecule has 1 aliphatic heterocycles. The van der Waals surface area contributed by atoms with E-state index in [-0.39, 0.29) is 5.56 Å². The van der Waals surface area contributed by atoms with Crippen molar-refractivity contribution in [3.63, 3.8) is 0 Å². The maximum Gasteiger partial charge on any atom is 0.255 e. The SMILES string of the molecule is O=c1[nH]c(I)cc2c1CCCO2. The van der Waals surface area contributed by atoms with Crippen LogP contribution in [0.4, 0.5) is 0 Å². The molecule has 1 aliphatic rings. The Bertz CT molecular complexity index is 359. The van der Waals surface area contributed by atoms with Crippen molar-refractivity contribution in [2.45, 2.75) is 12.8 Å². The lowest BCUT2D eigenvalue weighted by Gasteiger charge is -2.15. The Morgan fingerprint density at radius 1 is 1.58 bits per heavy atom. The first-order valence-corrected chi connectivity index (χ1v) is 4.90. The first-order valence-electron chi connectivity index (χ1n) is 3.82. The maximum absolute atomic E-state index is 11.3. The monoisotopic (exact) mass is 277 g/mol. The van der Waals surface area contributed by atoms with Crippen LogP contribution in [0.25, 0.3) is 0 Å². The lowest BCUT2D eigenvalue weighted by atomic mass is 10.1. The number of H-pyrrole nitrogens is 1. The van der Waals surface area contributed by atoms with E-state index in [1.165, 1.54) is 0 Å². The lowest BCUT2D eigenvalue weighted by molar-refractivity contribution is 0.286. The van der Waals surface area contributed by atoms with Crippen molar-refractivity contribution >= 4 is 22.6 Å². The number of rotatable bonds is 0. The third-order valence-electron chi connectivity index (χ3n) is 1.89. The Kier molecular flexibility index (Phi) is 2.08. The van der Waals surface area contributed by atoms with Crippen molar-refractivity contribution in [2.24, 2.45) is 0 Å². The molecule has 2 rings (SSSR count). The largest absolute Gasteiger partial charge is 0.493 e. The summed E-state index contributed by atoms with van der Waals surface area (Å²) in [4.78, 5) is 14.1. The number of fused-ring (bicyclic) bond motifs is 1. The van der Waals surface area contributed by atoms with Crippen LogP contribution in [0.5, 0.6) is 5.75 Å². The zero-order valence-corrected chi connectivity index (χ0v) is 8.55. The summed E-state index contributed by atoms with van der Waals surface area (Å²) in [6.07, 6.45) is 1.78. The van der Waals surface area contributed by atoms with Crippen molar-refractivity contribution < 1.29 is 4.74 Å². The van der Waals surface area contributed by atoms with Crippen LogP contribution in [-0.2, 0) is 6.42 Å². The fraction of sp³-hybridized carbons (Fsp3) is 0.375. The Morgan fingerprint density at radius 2 is 2.42 bits per heavy atom. The molecule has 64 valence electrons. The molecule has 0 spiro atoms. The van der Waals surface area contributed by atoms with Gasteiger partial charge in [-0.3, -0.25) is 4.79 Å². The summed E-state index contributed by atoms with van der Waals surface area (Å²) < 4.78 is 6.19. The highest BCUT2D eigenvalue weighted by molar-refractivity contribution is 14.1. The van der Waals surface area contributed by atoms with Crippen molar-refractivity contribution in [1.29, 1.82) is 0 Å². The van der Waals surface area contributed by atoms with Crippen LogP contribution in [0.1, 0.15) is 12.0 Å². The molecule has 0 bridgehead atoms. The average molecular weight is 277 g/mol. The number of ether oxygens (including phenoxy) is 1. The van der Waals surface area contributed by atoms with Gasteiger partial charge >= 0.3 is 0 Å². The molecule has 3 nitrogen and oxygen atoms in total. The minimum Gasteiger partial charge on any atom is -0.493 e. The summed E-state index contributed by atoms with van der Waals surface area (Å²) in [5.41, 5.74) is 0.790. The van der Waals surface area contributed by atoms with Crippen LogP contribution in [-0.4, -0.2) is 11.6 Å². The van der Waals surface area contributed by atoms with Crippen molar-refractivity contribution in [2.75, 3.05) is 6.61 Å². The van der Waals surface area contributed by atoms with Gasteiger partial charge in [0.2, 0.25) is 0 Å². The molecule has 0 atom stereocenters. The number of halogens is 1. The highest BCUT2D eigenvalue weighted by Crippen LogP contribution is 2.21. The minimum atomic E-state index is -0.00315. The quantitative estimate of drug-likeness (QED) is 0.574. The molecular weight excluding hydrogens is 269 g/mol. The summed E-state index contributed by atoms with van der Waals surface area (Å²) in [6.45, 7) is 0.729. The molecular formula is C8H8INO2. The second kappa shape index (κ2) is 3.08. The maximum atomic E-state index is 11.3. The van der Waals surface area contributed by atoms with Gasteiger partial charge in [-0.25, -0.2) is 0 Å². The number of pyridine rings is 1. The van der Waals surface area contributed by atoms with Gasteiger partial charge in [0.15, 0.2) is 0 Å². The Morgan fingerprint density at radius 3 is 3.25 bits per heavy atom. The summed E-state index contributed by atoms with van der Waals surface area (Å²) in [5.74, 6) is 0.759. The van der Waals surface area contributed by atoms with E-state index in [1.807, 2.05) is 6.07 Å². The standard InChI is InChI=1S/C8H8INO2/c9-7-4-6-5(8(11)10-7)2-1-3-12-6/h4H,1-3H2,(H,10,11). The van der Waals surface area contributed by atoms with E-state index in [0.717, 1.165) is 34.5 Å². The fourth-order valence-corrected chi connectivity index (χ4v) is 1.86. The zero-order chi connectivity index (χ0) is 8.55. The first-order chi connectivity index (χ1) is 5.77. The number of hydrogen-bond donors (Lipinski definition) is 1. The molecule has 0 aromatic carbocycles. The zero-order valence-electron chi connectivity index (χ0n) is 6.39. The van der Waals surface area contributed by atoms with E-state index in [0.29, 0.717) is 0 Å². The molecule has 12 heavy (non-hydrogen) atoms. The average Bonchev–Trinajstić information content (AvgIpc) is 2.04. The summed E-state index contributed by atoms with van der Waals surface area (Å²) >= 11 is 2.08. The predicted octanol–water partition coefficient (Wildman–Crippen LogP) is 1.30. The predicted molar refractivity (Wildman–Crippen MR) is 53.6 cm³/mol. The van der Waals surface area contributed by atoms with Gasteiger partial charge < -0.3 is 9.72 Å². The van der Waals surface area contributed by atoms with Gasteiger partial charge in [0.1, 0.15) is 5.75 Å². The third-order valence-corrected chi connectivity index (χ3v) is 2.47. The molecule has 1 aromatic heterocycles. The Balaban J connectivity index is 2.60. The van der Waals surface area contributed by atoms with Crippen LogP contribution < -0.4 is 10.3 Å². The van der Waals surface area contributed by atoms with Crippen molar-refractivity contribution in [3.05, 3.63) is 25.7 Å². The fourth-order valence-electron chi connectivity index (χ4n) is 1.33. The number of hydrogen-bond acceptors (Lipinski definition) is 2. The minimum absolute atomic E-state index is 0.00315. The van der Waals surface area contributed by atoms with Gasteiger partial charge in [-0.15, -0.1) is 0 Å². The molecule has 0 saturated carbocycles. The van der Waals surface area contributed by atoms with Gasteiger partial charge in [0.05, 0.1) is 15.9 Å². The van der Waals surface area contributed by atoms with Crippen LogP contribution >= 0.6 is 22.6 Å². The molecule has 1 N–H and O–H groups in total. The normalized spacial score (nSPS) is 15.1. The van der Waals surface area contributed by atoms with Crippen LogP contribution in [0, 0.1) is 3.70 Å². The van der Waals surface area contributed by atoms with Gasteiger partial charge in [-0.05, 0) is 35.4 Å². The molecule has 2 heterocycles. The third kappa shape index (κ3) is 1.35. The topological polar surface area (TPSA) is 42.1 Å². The molecule has 0 fully saturated rings. The molecule has 0 saturated heterocycles. The van der Waals surface area contributed by atoms with Crippen LogP contribution in [0.15, 0.2) is 10.9 Å². The highest BCUT2D eigenvalue weighted by Gasteiger charge is 2.13. The van der Waals surface area contributed by atoms with Crippen molar-refractivity contribution in [3.8, 4) is 5.75 Å². The summed E-state index contributed by atoms with van der Waals surface area (Å²) in [7, 11) is 0. The molecule has 0 radical (unpaired) electrons. The smallest absolute Gasteiger partial charge is 0.255 e. The van der Waals surface area contributed by atoms with Crippen LogP contribution in [0.2, 0.25) is 0 Å². The molecule has 0 amide bonds. The van der Waals surface area contributed by atoms with E-state index in [2.05, 4.69) is 27.6 Å². The number of aromatic amines is 1. The van der Waals surface area contributed by atoms with Crippen molar-refractivity contribution in [1.82, 2.24) is 4.98 Å². The van der Waals surface area contributed by atoms with E-state index in [9.17, 15) is 4.79 Å². The second-order valence-corrected chi connectivity index (χ2v) is 3.90. The van der Waals surface area contributed by atoms with E-state index in [1.54, 1.807) is 0 Å². The highest BCUT2D eigenvalue weighted by atomic mass is 127.